The van der Waals surface area contributed by atoms with Gasteiger partial charge in [-0.2, -0.15) is 0 Å². The van der Waals surface area contributed by atoms with E-state index in [4.69, 9.17) is 4.74 Å². The lowest BCUT2D eigenvalue weighted by Gasteiger charge is -2.44. The lowest BCUT2D eigenvalue weighted by molar-refractivity contribution is -0.384. The third-order valence-electron chi connectivity index (χ3n) is 7.83. The van der Waals surface area contributed by atoms with E-state index >= 15 is 0 Å². The van der Waals surface area contributed by atoms with Gasteiger partial charge < -0.3 is 4.74 Å². The van der Waals surface area contributed by atoms with Crippen molar-refractivity contribution >= 4 is 62.7 Å². The van der Waals surface area contributed by atoms with Crippen LogP contribution in [0, 0.1) is 10.1 Å². The first-order valence-electron chi connectivity index (χ1n) is 15.2. The van der Waals surface area contributed by atoms with Crippen LogP contribution in [-0.2, 0) is 25.7 Å². The van der Waals surface area contributed by atoms with Gasteiger partial charge in [0.25, 0.3) is 5.69 Å². The van der Waals surface area contributed by atoms with E-state index in [0.29, 0.717) is 12.0 Å². The Labute approximate surface area is 272 Å². The van der Waals surface area contributed by atoms with Gasteiger partial charge in [-0.3, -0.25) is 24.6 Å². The van der Waals surface area contributed by atoms with Gasteiger partial charge in [0.05, 0.1) is 16.7 Å². The summed E-state index contributed by atoms with van der Waals surface area (Å²) in [6.07, 6.45) is 3.22. The minimum absolute atomic E-state index is 0.0161. The number of hydrogen-bond acceptors (Lipinski definition) is 7. The lowest BCUT2D eigenvalue weighted by Crippen LogP contribution is -2.58. The monoisotopic (exact) mass is 654 g/mol. The number of carbonyl (C=O) groups excluding carboxylic acids is 3. The first-order valence-corrected chi connectivity index (χ1v) is 17.9. The molecule has 4 aromatic rings. The smallest absolute Gasteiger partial charge is 0.356 e. The second-order valence-electron chi connectivity index (χ2n) is 10.9. The zero-order valence-corrected chi connectivity index (χ0v) is 27.2. The van der Waals surface area contributed by atoms with E-state index in [0.717, 1.165) is 46.9 Å². The molecule has 236 valence electrons. The first kappa shape index (κ1) is 32.9. The molecule has 0 unspecified atom stereocenters. The molecule has 10 heteroatoms. The van der Waals surface area contributed by atoms with E-state index in [-0.39, 0.29) is 35.2 Å². The van der Waals surface area contributed by atoms with Crippen molar-refractivity contribution in [2.45, 2.75) is 51.0 Å². The van der Waals surface area contributed by atoms with Crippen molar-refractivity contribution in [2.24, 2.45) is 0 Å². The van der Waals surface area contributed by atoms with Crippen molar-refractivity contribution in [2.75, 3.05) is 0 Å². The average Bonchev–Trinajstić information content (AvgIpc) is 3.08. The Morgan fingerprint density at radius 3 is 1.83 bits per heavy atom. The molecule has 0 aromatic heterocycles. The number of amides is 1. The zero-order valence-electron chi connectivity index (χ0n) is 25.5. The SMILES string of the molecule is CCCCCC(=O)S[C@@H]1CC(=O)N1C(C(=O)OCc1ccc([N+](=O)[O-])cc1)=P(c1ccccc1)(c1ccccc1)c1ccccc1. The summed E-state index contributed by atoms with van der Waals surface area (Å²) >= 11 is 1.11. The van der Waals surface area contributed by atoms with Gasteiger partial charge >= 0.3 is 5.97 Å². The Balaban J connectivity index is 1.72. The Hall–Kier alpha value is -4.46. The van der Waals surface area contributed by atoms with E-state index < -0.39 is 23.2 Å². The number of ether oxygens (including phenoxy) is 1. The summed E-state index contributed by atoms with van der Waals surface area (Å²) in [6, 6.07) is 34.8. The molecule has 0 bridgehead atoms. The topological polar surface area (TPSA) is 107 Å². The predicted octanol–water partition coefficient (Wildman–Crippen LogP) is 6.16. The van der Waals surface area contributed by atoms with Gasteiger partial charge in [0, 0.05) is 25.4 Å². The van der Waals surface area contributed by atoms with Gasteiger partial charge in [0.1, 0.15) is 12.0 Å². The van der Waals surface area contributed by atoms with Crippen LogP contribution in [0.2, 0.25) is 0 Å². The van der Waals surface area contributed by atoms with E-state index in [2.05, 4.69) is 6.92 Å². The van der Waals surface area contributed by atoms with Crippen LogP contribution >= 0.6 is 18.6 Å². The molecular formula is C36H35N2O6PS. The minimum atomic E-state index is -3.09. The summed E-state index contributed by atoms with van der Waals surface area (Å²) in [6.45, 7) is -1.18. The molecule has 1 amide bonds. The third kappa shape index (κ3) is 7.01. The Bertz CT molecular complexity index is 1640. The van der Waals surface area contributed by atoms with Gasteiger partial charge in [0.15, 0.2) is 5.12 Å². The van der Waals surface area contributed by atoms with Crippen molar-refractivity contribution in [3.8, 4) is 0 Å². The highest BCUT2D eigenvalue weighted by molar-refractivity contribution is 8.14. The predicted molar refractivity (Wildman–Crippen MR) is 185 cm³/mol. The van der Waals surface area contributed by atoms with Crippen molar-refractivity contribution in [1.82, 2.24) is 4.90 Å². The minimum Gasteiger partial charge on any atom is -0.456 e. The van der Waals surface area contributed by atoms with E-state index in [1.54, 1.807) is 12.1 Å². The molecule has 1 fully saturated rings. The molecule has 1 atom stereocenters. The Kier molecular flexibility index (Phi) is 10.9. The number of hydrogen-bond donors (Lipinski definition) is 0. The molecule has 1 saturated heterocycles. The molecule has 1 heterocycles. The molecule has 8 nitrogen and oxygen atoms in total. The van der Waals surface area contributed by atoms with Crippen molar-refractivity contribution in [3.63, 3.8) is 0 Å². The summed E-state index contributed by atoms with van der Waals surface area (Å²) in [5.74, 6) is -0.936. The Morgan fingerprint density at radius 1 is 0.848 bits per heavy atom. The number of nitro groups is 1. The van der Waals surface area contributed by atoms with Crippen molar-refractivity contribution < 1.29 is 24.0 Å². The van der Waals surface area contributed by atoms with Crippen LogP contribution < -0.4 is 15.9 Å². The van der Waals surface area contributed by atoms with Crippen LogP contribution in [0.1, 0.15) is 44.6 Å². The molecule has 0 radical (unpaired) electrons. The number of thioether (sulfide) groups is 1. The molecule has 0 N–H and O–H groups in total. The molecule has 0 aliphatic carbocycles. The number of β-lactam (4-membered cyclic amide) rings is 1. The second-order valence-corrected chi connectivity index (χ2v) is 15.4. The maximum absolute atomic E-state index is 14.7. The zero-order chi connectivity index (χ0) is 32.5. The Morgan fingerprint density at radius 2 is 1.37 bits per heavy atom. The summed E-state index contributed by atoms with van der Waals surface area (Å²) < 4.78 is 5.99. The number of rotatable bonds is 13. The average molecular weight is 655 g/mol. The maximum atomic E-state index is 14.7. The normalized spacial score (nSPS) is 14.3. The van der Waals surface area contributed by atoms with Crippen LogP contribution in [-0.4, -0.2) is 37.6 Å². The highest BCUT2D eigenvalue weighted by Gasteiger charge is 2.48. The van der Waals surface area contributed by atoms with Gasteiger partial charge in [-0.15, -0.1) is 0 Å². The van der Waals surface area contributed by atoms with E-state index in [1.807, 2.05) is 91.0 Å². The van der Waals surface area contributed by atoms with Crippen molar-refractivity contribution in [3.05, 3.63) is 131 Å². The molecule has 1 aliphatic rings. The maximum Gasteiger partial charge on any atom is 0.356 e. The number of non-ortho nitro benzene ring substituents is 1. The van der Waals surface area contributed by atoms with E-state index in [9.17, 15) is 24.5 Å². The second kappa shape index (κ2) is 15.2. The molecule has 0 spiro atoms. The number of carbonyl (C=O) groups is 3. The number of esters is 1. The number of unbranched alkanes of at least 4 members (excludes halogenated alkanes) is 2. The van der Waals surface area contributed by atoms with Crippen LogP contribution in [0.25, 0.3) is 0 Å². The summed E-state index contributed by atoms with van der Waals surface area (Å²) in [4.78, 5) is 53.6. The summed E-state index contributed by atoms with van der Waals surface area (Å²) in [7, 11) is 0. The number of nitro benzene ring substituents is 1. The summed E-state index contributed by atoms with van der Waals surface area (Å²) in [5.41, 5.74) is 0.695. The highest BCUT2D eigenvalue weighted by atomic mass is 32.2. The molecule has 0 saturated carbocycles. The van der Waals surface area contributed by atoms with E-state index in [1.165, 1.54) is 17.0 Å². The number of likely N-dealkylation sites (tertiary alicyclic amines) is 1. The van der Waals surface area contributed by atoms with Crippen LogP contribution in [0.5, 0.6) is 0 Å². The standard InChI is InChI=1S/C36H35N2O6PS/c1-2-3-7-20-34(40)46-33-25-32(39)37(33)35(36(41)44-26-27-21-23-28(24-22-27)38(42)43)45(29-14-8-4-9-15-29,30-16-10-5-11-17-30)31-18-12-6-13-19-31/h4-6,8-19,21-24,33H,2-3,7,20,25-26H2,1H3/t33-/m1/s1. The molecule has 46 heavy (non-hydrogen) atoms. The van der Waals surface area contributed by atoms with Crippen LogP contribution in [0.3, 0.4) is 0 Å². The number of benzene rings is 4. The van der Waals surface area contributed by atoms with Crippen LogP contribution in [0.4, 0.5) is 5.69 Å². The largest absolute Gasteiger partial charge is 0.456 e. The summed E-state index contributed by atoms with van der Waals surface area (Å²) in [5, 5.41) is 13.2. The van der Waals surface area contributed by atoms with Crippen molar-refractivity contribution in [1.29, 1.82) is 0 Å². The fraction of sp³-hybridized carbons (Fsp3) is 0.222. The molecule has 4 aromatic carbocycles. The fourth-order valence-electron chi connectivity index (χ4n) is 5.56. The van der Waals surface area contributed by atoms with Gasteiger partial charge in [0.2, 0.25) is 5.91 Å². The van der Waals surface area contributed by atoms with Gasteiger partial charge in [-0.05, 0) is 40.0 Å². The lowest BCUT2D eigenvalue weighted by atomic mass is 10.2. The quantitative estimate of drug-likeness (QED) is 0.0425. The molecule has 1 aliphatic heterocycles. The van der Waals surface area contributed by atoms with Crippen LogP contribution in [0.15, 0.2) is 115 Å². The van der Waals surface area contributed by atoms with Gasteiger partial charge in [-0.25, -0.2) is 4.79 Å². The first-order chi connectivity index (χ1) is 22.4. The molecule has 5 rings (SSSR count). The number of nitrogens with zero attached hydrogens (tertiary/aromatic N) is 2. The fourth-order valence-corrected chi connectivity index (χ4v) is 11.2. The van der Waals surface area contributed by atoms with Gasteiger partial charge in [-0.1, -0.05) is 123 Å². The third-order valence-corrected chi connectivity index (χ3v) is 13.2. The molecular weight excluding hydrogens is 619 g/mol. The highest BCUT2D eigenvalue weighted by Crippen LogP contribution is 2.49.